The molecule has 1 aromatic carbocycles. The molecule has 0 saturated heterocycles. The van der Waals surface area contributed by atoms with E-state index in [1.165, 1.54) is 0 Å². The molecule has 1 rings (SSSR count). The summed E-state index contributed by atoms with van der Waals surface area (Å²) in [7, 11) is 0. The minimum absolute atomic E-state index is 0.419. The van der Waals surface area contributed by atoms with Gasteiger partial charge in [0, 0.05) is 0 Å². The maximum absolute atomic E-state index is 11.3. The Kier molecular flexibility index (Phi) is 3.72. The van der Waals surface area contributed by atoms with E-state index in [1.54, 1.807) is 39.0 Å². The summed E-state index contributed by atoms with van der Waals surface area (Å²) in [6.45, 7) is 8.85. The molecule has 0 aliphatic heterocycles. The molecule has 0 heterocycles. The Bertz CT molecular complexity index is 388. The van der Waals surface area contributed by atoms with Crippen LogP contribution in [0.25, 0.3) is 0 Å². The highest BCUT2D eigenvalue weighted by atomic mass is 16.7. The Balaban J connectivity index is 2.66. The lowest BCUT2D eigenvalue weighted by atomic mass is 10.2. The minimum atomic E-state index is -0.714. The van der Waals surface area contributed by atoms with Crippen LogP contribution in [-0.4, -0.2) is 11.8 Å². The highest BCUT2D eigenvalue weighted by Crippen LogP contribution is 2.15. The molecular formula is C13H15O3. The maximum Gasteiger partial charge on any atom is 0.514 e. The third-order valence-electron chi connectivity index (χ3n) is 1.63. The SMILES string of the molecule is C=[C]c1cccc(OC(=O)OC(C)(C)C)c1. The van der Waals surface area contributed by atoms with Gasteiger partial charge in [-0.2, -0.15) is 0 Å². The zero-order valence-corrected chi connectivity index (χ0v) is 9.74. The van der Waals surface area contributed by atoms with Gasteiger partial charge in [0.2, 0.25) is 0 Å². The third kappa shape index (κ3) is 4.17. The summed E-state index contributed by atoms with van der Waals surface area (Å²) in [5.74, 6) is 0.419. The summed E-state index contributed by atoms with van der Waals surface area (Å²) in [6.07, 6.45) is 1.99. The first-order chi connectivity index (χ1) is 7.40. The minimum Gasteiger partial charge on any atom is -0.428 e. The molecule has 0 saturated carbocycles. The molecule has 0 aromatic heterocycles. The fourth-order valence-corrected chi connectivity index (χ4v) is 1.04. The molecule has 0 N–H and O–H groups in total. The highest BCUT2D eigenvalue weighted by Gasteiger charge is 2.17. The number of benzene rings is 1. The van der Waals surface area contributed by atoms with Crippen LogP contribution in [0.2, 0.25) is 0 Å². The van der Waals surface area contributed by atoms with Gasteiger partial charge in [-0.05, 0) is 44.5 Å². The van der Waals surface area contributed by atoms with Crippen LogP contribution in [0.5, 0.6) is 5.75 Å². The number of ether oxygens (including phenoxy) is 2. The molecule has 0 spiro atoms. The van der Waals surface area contributed by atoms with E-state index >= 15 is 0 Å². The molecule has 1 aromatic rings. The van der Waals surface area contributed by atoms with Gasteiger partial charge in [-0.15, -0.1) is 0 Å². The van der Waals surface area contributed by atoms with Crippen molar-refractivity contribution in [3.8, 4) is 5.75 Å². The van der Waals surface area contributed by atoms with Crippen LogP contribution in [0.3, 0.4) is 0 Å². The average Bonchev–Trinajstić information content (AvgIpc) is 2.15. The second kappa shape index (κ2) is 4.84. The Morgan fingerprint density at radius 3 is 2.62 bits per heavy atom. The second-order valence-corrected chi connectivity index (χ2v) is 4.27. The first-order valence-corrected chi connectivity index (χ1v) is 4.95. The van der Waals surface area contributed by atoms with Gasteiger partial charge in [-0.1, -0.05) is 18.7 Å². The van der Waals surface area contributed by atoms with E-state index < -0.39 is 11.8 Å². The summed E-state index contributed by atoms with van der Waals surface area (Å²) in [6, 6.07) is 6.91. The van der Waals surface area contributed by atoms with Gasteiger partial charge >= 0.3 is 6.16 Å². The van der Waals surface area contributed by atoms with E-state index in [9.17, 15) is 4.79 Å². The molecule has 0 bridgehead atoms. The van der Waals surface area contributed by atoms with Crippen molar-refractivity contribution in [2.24, 2.45) is 0 Å². The molecule has 0 aliphatic rings. The molecule has 3 nitrogen and oxygen atoms in total. The van der Waals surface area contributed by atoms with Crippen molar-refractivity contribution in [2.75, 3.05) is 0 Å². The Morgan fingerprint density at radius 2 is 2.06 bits per heavy atom. The van der Waals surface area contributed by atoms with Crippen molar-refractivity contribution < 1.29 is 14.3 Å². The predicted molar refractivity (Wildman–Crippen MR) is 61.3 cm³/mol. The van der Waals surface area contributed by atoms with Gasteiger partial charge in [0.05, 0.1) is 0 Å². The first kappa shape index (κ1) is 12.3. The zero-order chi connectivity index (χ0) is 12.2. The van der Waals surface area contributed by atoms with E-state index in [1.807, 2.05) is 6.07 Å². The summed E-state index contributed by atoms with van der Waals surface area (Å²) < 4.78 is 10.0. The lowest BCUT2D eigenvalue weighted by Gasteiger charge is -2.18. The molecule has 16 heavy (non-hydrogen) atoms. The normalized spacial score (nSPS) is 10.7. The molecule has 0 fully saturated rings. The lowest BCUT2D eigenvalue weighted by molar-refractivity contribution is 0.0206. The quantitative estimate of drug-likeness (QED) is 0.565. The Labute approximate surface area is 95.7 Å². The van der Waals surface area contributed by atoms with Crippen LogP contribution in [0.1, 0.15) is 26.3 Å². The van der Waals surface area contributed by atoms with E-state index in [4.69, 9.17) is 9.47 Å². The first-order valence-electron chi connectivity index (χ1n) is 4.95. The number of rotatable bonds is 2. The third-order valence-corrected chi connectivity index (χ3v) is 1.63. The molecule has 1 radical (unpaired) electrons. The van der Waals surface area contributed by atoms with Crippen molar-refractivity contribution in [3.63, 3.8) is 0 Å². The molecular weight excluding hydrogens is 204 g/mol. The second-order valence-electron chi connectivity index (χ2n) is 4.27. The summed E-state index contributed by atoms with van der Waals surface area (Å²) in [4.78, 5) is 11.3. The summed E-state index contributed by atoms with van der Waals surface area (Å²) in [5.41, 5.74) is 0.209. The predicted octanol–water partition coefficient (Wildman–Crippen LogP) is 3.34. The Morgan fingerprint density at radius 1 is 1.38 bits per heavy atom. The molecule has 3 heteroatoms. The van der Waals surface area contributed by atoms with Crippen LogP contribution in [0, 0.1) is 6.08 Å². The maximum atomic E-state index is 11.3. The monoisotopic (exact) mass is 219 g/mol. The lowest BCUT2D eigenvalue weighted by Crippen LogP contribution is -2.25. The standard InChI is InChI=1S/C13H15O3/c1-5-10-7-6-8-11(9-10)15-12(14)16-13(2,3)4/h6-9H,1H2,2-4H3. The topological polar surface area (TPSA) is 35.5 Å². The molecule has 85 valence electrons. The van der Waals surface area contributed by atoms with Gasteiger partial charge in [0.1, 0.15) is 11.4 Å². The van der Waals surface area contributed by atoms with Gasteiger partial charge in [0.15, 0.2) is 0 Å². The van der Waals surface area contributed by atoms with E-state index in [2.05, 4.69) is 12.7 Å². The zero-order valence-electron chi connectivity index (χ0n) is 9.74. The molecule has 0 atom stereocenters. The number of hydrogen-bond donors (Lipinski definition) is 0. The van der Waals surface area contributed by atoms with Crippen molar-refractivity contribution in [1.82, 2.24) is 0 Å². The smallest absolute Gasteiger partial charge is 0.428 e. The number of carbonyl (C=O) groups excluding carboxylic acids is 1. The average molecular weight is 219 g/mol. The molecule has 0 amide bonds. The van der Waals surface area contributed by atoms with Crippen LogP contribution < -0.4 is 4.74 Å². The Hall–Kier alpha value is -1.77. The fourth-order valence-electron chi connectivity index (χ4n) is 1.04. The van der Waals surface area contributed by atoms with Crippen LogP contribution >= 0.6 is 0 Å². The van der Waals surface area contributed by atoms with Crippen molar-refractivity contribution >= 4 is 6.16 Å². The molecule has 0 unspecified atom stereocenters. The van der Waals surface area contributed by atoms with E-state index in [0.717, 1.165) is 5.56 Å². The van der Waals surface area contributed by atoms with Crippen molar-refractivity contribution in [2.45, 2.75) is 26.4 Å². The van der Waals surface area contributed by atoms with Gasteiger partial charge in [0.25, 0.3) is 0 Å². The van der Waals surface area contributed by atoms with Gasteiger partial charge in [-0.3, -0.25) is 0 Å². The highest BCUT2D eigenvalue weighted by molar-refractivity contribution is 5.64. The van der Waals surface area contributed by atoms with Gasteiger partial charge in [-0.25, -0.2) is 4.79 Å². The number of carbonyl (C=O) groups is 1. The fraction of sp³-hybridized carbons (Fsp3) is 0.308. The number of hydrogen-bond acceptors (Lipinski definition) is 3. The van der Waals surface area contributed by atoms with Crippen molar-refractivity contribution in [3.05, 3.63) is 42.5 Å². The van der Waals surface area contributed by atoms with Gasteiger partial charge < -0.3 is 9.47 Å². The van der Waals surface area contributed by atoms with Crippen LogP contribution in [-0.2, 0) is 4.74 Å². The van der Waals surface area contributed by atoms with Crippen molar-refractivity contribution in [1.29, 1.82) is 0 Å². The summed E-state index contributed by atoms with van der Waals surface area (Å²) >= 11 is 0. The van der Waals surface area contributed by atoms with E-state index in [-0.39, 0.29) is 0 Å². The molecule has 0 aliphatic carbocycles. The van der Waals surface area contributed by atoms with Crippen LogP contribution in [0.15, 0.2) is 30.8 Å². The van der Waals surface area contributed by atoms with E-state index in [0.29, 0.717) is 5.75 Å². The summed E-state index contributed by atoms with van der Waals surface area (Å²) in [5, 5.41) is 0. The van der Waals surface area contributed by atoms with Crippen LogP contribution in [0.4, 0.5) is 4.79 Å². The largest absolute Gasteiger partial charge is 0.514 e.